The van der Waals surface area contributed by atoms with Gasteiger partial charge in [-0.2, -0.15) is 0 Å². The second-order valence-electron chi connectivity index (χ2n) is 5.45. The number of anilines is 1. The van der Waals surface area contributed by atoms with Gasteiger partial charge in [0, 0.05) is 5.56 Å². The number of aromatic nitrogens is 1. The van der Waals surface area contributed by atoms with Gasteiger partial charge < -0.3 is 9.26 Å². The molecule has 3 rings (SSSR count). The molecule has 116 valence electrons. The van der Waals surface area contributed by atoms with E-state index in [4.69, 9.17) is 9.26 Å². The highest BCUT2D eigenvalue weighted by molar-refractivity contribution is 5.91. The molecule has 1 heterocycles. The Balaban J connectivity index is 1.61. The van der Waals surface area contributed by atoms with E-state index in [1.165, 1.54) is 0 Å². The monoisotopic (exact) mass is 300 g/mol. The zero-order valence-corrected chi connectivity index (χ0v) is 12.7. The first-order valence-electron chi connectivity index (χ1n) is 7.75. The lowest BCUT2D eigenvalue weighted by Crippen LogP contribution is -2.15. The van der Waals surface area contributed by atoms with Crippen LogP contribution >= 0.6 is 0 Å². The highest BCUT2D eigenvalue weighted by Gasteiger charge is 2.20. The third kappa shape index (κ3) is 3.30. The summed E-state index contributed by atoms with van der Waals surface area (Å²) < 4.78 is 10.7. The summed E-state index contributed by atoms with van der Waals surface area (Å²) in [6.07, 6.45) is 4.43. The molecule has 1 amide bonds. The van der Waals surface area contributed by atoms with Gasteiger partial charge in [0.25, 0.3) is 0 Å². The molecule has 22 heavy (non-hydrogen) atoms. The molecule has 1 aliphatic rings. The number of carbonyl (C=O) groups is 1. The molecule has 0 atom stereocenters. The molecular formula is C17H20N2O3. The van der Waals surface area contributed by atoms with Gasteiger partial charge in [-0.05, 0) is 50.3 Å². The lowest BCUT2D eigenvalue weighted by atomic mass is 9.97. The van der Waals surface area contributed by atoms with Crippen molar-refractivity contribution in [1.82, 2.24) is 5.16 Å². The number of ether oxygens (including phenoxy) is 1. The van der Waals surface area contributed by atoms with Crippen LogP contribution in [0.2, 0.25) is 0 Å². The highest BCUT2D eigenvalue weighted by atomic mass is 16.5. The predicted molar refractivity (Wildman–Crippen MR) is 83.1 cm³/mol. The number of amides is 1. The summed E-state index contributed by atoms with van der Waals surface area (Å²) in [6, 6.07) is 7.56. The average Bonchev–Trinajstić information content (AvgIpc) is 2.93. The van der Waals surface area contributed by atoms with Crippen LogP contribution in [0.25, 0.3) is 0 Å². The summed E-state index contributed by atoms with van der Waals surface area (Å²) in [6.45, 7) is 2.58. The minimum absolute atomic E-state index is 0.0892. The van der Waals surface area contributed by atoms with E-state index in [2.05, 4.69) is 10.5 Å². The van der Waals surface area contributed by atoms with Crippen molar-refractivity contribution in [3.63, 3.8) is 0 Å². The Bertz CT molecular complexity index is 646. The fourth-order valence-corrected chi connectivity index (χ4v) is 2.72. The van der Waals surface area contributed by atoms with Crippen molar-refractivity contribution in [2.24, 2.45) is 0 Å². The largest absolute Gasteiger partial charge is 0.494 e. The number of hydrogen-bond acceptors (Lipinski definition) is 4. The first-order valence-corrected chi connectivity index (χ1v) is 7.75. The molecule has 0 fully saturated rings. The zero-order valence-electron chi connectivity index (χ0n) is 12.7. The number of hydrogen-bond donors (Lipinski definition) is 1. The molecule has 5 nitrogen and oxygen atoms in total. The third-order valence-corrected chi connectivity index (χ3v) is 3.81. The summed E-state index contributed by atoms with van der Waals surface area (Å²) in [5, 5.41) is 6.88. The zero-order chi connectivity index (χ0) is 15.4. The third-order valence-electron chi connectivity index (χ3n) is 3.81. The smallest absolute Gasteiger partial charge is 0.234 e. The Labute approximate surface area is 129 Å². The van der Waals surface area contributed by atoms with Crippen LogP contribution in [-0.4, -0.2) is 17.7 Å². The number of nitrogens with zero attached hydrogens (tertiary/aromatic N) is 1. The van der Waals surface area contributed by atoms with Crippen molar-refractivity contribution in [2.75, 3.05) is 11.9 Å². The lowest BCUT2D eigenvalue weighted by Gasteiger charge is -2.09. The van der Waals surface area contributed by atoms with Crippen LogP contribution in [0.5, 0.6) is 5.75 Å². The summed E-state index contributed by atoms with van der Waals surface area (Å²) in [7, 11) is 0. The molecule has 1 N–H and O–H groups in total. The summed E-state index contributed by atoms with van der Waals surface area (Å²) in [4.78, 5) is 12.1. The van der Waals surface area contributed by atoms with Gasteiger partial charge in [-0.1, -0.05) is 17.3 Å². The highest BCUT2D eigenvalue weighted by Crippen LogP contribution is 2.27. The van der Waals surface area contributed by atoms with Gasteiger partial charge in [0.05, 0.1) is 18.7 Å². The maximum atomic E-state index is 12.1. The van der Waals surface area contributed by atoms with Gasteiger partial charge in [-0.15, -0.1) is 0 Å². The molecular weight excluding hydrogens is 280 g/mol. The quantitative estimate of drug-likeness (QED) is 0.921. The standard InChI is InChI=1S/C17H20N2O3/c1-2-21-13-9-7-12(8-10-13)11-16(20)18-17-14-5-3-4-6-15(14)19-22-17/h7-10H,2-6,11H2,1H3,(H,18,20). The molecule has 1 aliphatic carbocycles. The molecule has 0 aliphatic heterocycles. The Kier molecular flexibility index (Phi) is 4.42. The normalized spacial score (nSPS) is 13.5. The van der Waals surface area contributed by atoms with Gasteiger partial charge in [0.1, 0.15) is 5.75 Å². The van der Waals surface area contributed by atoms with Crippen LogP contribution in [0, 0.1) is 0 Å². The topological polar surface area (TPSA) is 64.4 Å². The molecule has 0 saturated carbocycles. The Morgan fingerprint density at radius 1 is 1.27 bits per heavy atom. The molecule has 2 aromatic rings. The molecule has 1 aromatic carbocycles. The average molecular weight is 300 g/mol. The Morgan fingerprint density at radius 3 is 2.82 bits per heavy atom. The number of rotatable bonds is 5. The summed E-state index contributed by atoms with van der Waals surface area (Å²) in [5.74, 6) is 1.25. The second kappa shape index (κ2) is 6.64. The first kappa shape index (κ1) is 14.6. The van der Waals surface area contributed by atoms with Crippen molar-refractivity contribution in [3.8, 4) is 5.75 Å². The molecule has 0 unspecified atom stereocenters. The summed E-state index contributed by atoms with van der Waals surface area (Å²) >= 11 is 0. The van der Waals surface area contributed by atoms with E-state index in [-0.39, 0.29) is 5.91 Å². The van der Waals surface area contributed by atoms with E-state index < -0.39 is 0 Å². The lowest BCUT2D eigenvalue weighted by molar-refractivity contribution is -0.115. The van der Waals surface area contributed by atoms with Crippen LogP contribution in [0.15, 0.2) is 28.8 Å². The van der Waals surface area contributed by atoms with Gasteiger partial charge in [-0.25, -0.2) is 0 Å². The molecule has 5 heteroatoms. The molecule has 0 radical (unpaired) electrons. The van der Waals surface area contributed by atoms with Gasteiger partial charge in [0.15, 0.2) is 0 Å². The number of carbonyl (C=O) groups excluding carboxylic acids is 1. The second-order valence-corrected chi connectivity index (χ2v) is 5.45. The van der Waals surface area contributed by atoms with Crippen molar-refractivity contribution in [3.05, 3.63) is 41.1 Å². The number of nitrogens with one attached hydrogen (secondary N) is 1. The van der Waals surface area contributed by atoms with Crippen LogP contribution in [0.3, 0.4) is 0 Å². The van der Waals surface area contributed by atoms with E-state index in [1.807, 2.05) is 31.2 Å². The number of fused-ring (bicyclic) bond motifs is 1. The van der Waals surface area contributed by atoms with Gasteiger partial charge in [-0.3, -0.25) is 10.1 Å². The van der Waals surface area contributed by atoms with Crippen molar-refractivity contribution in [2.45, 2.75) is 39.0 Å². The maximum Gasteiger partial charge on any atom is 0.234 e. The SMILES string of the molecule is CCOc1ccc(CC(=O)Nc2onc3c2CCCC3)cc1. The van der Waals surface area contributed by atoms with Crippen molar-refractivity contribution in [1.29, 1.82) is 0 Å². The van der Waals surface area contributed by atoms with E-state index in [0.717, 1.165) is 48.3 Å². The molecule has 0 bridgehead atoms. The molecule has 0 spiro atoms. The fraction of sp³-hybridized carbons (Fsp3) is 0.412. The minimum Gasteiger partial charge on any atom is -0.494 e. The Hall–Kier alpha value is -2.30. The van der Waals surface area contributed by atoms with Crippen molar-refractivity contribution < 1.29 is 14.1 Å². The van der Waals surface area contributed by atoms with Crippen LogP contribution in [0.1, 0.15) is 36.6 Å². The predicted octanol–water partition coefficient (Wildman–Crippen LogP) is 3.13. The molecule has 0 saturated heterocycles. The van der Waals surface area contributed by atoms with Crippen LogP contribution < -0.4 is 10.1 Å². The molecule has 1 aromatic heterocycles. The van der Waals surface area contributed by atoms with Crippen LogP contribution in [0.4, 0.5) is 5.88 Å². The van der Waals surface area contributed by atoms with Crippen LogP contribution in [-0.2, 0) is 24.1 Å². The number of aryl methyl sites for hydroxylation is 1. The van der Waals surface area contributed by atoms with Crippen molar-refractivity contribution >= 4 is 11.8 Å². The van der Waals surface area contributed by atoms with E-state index in [9.17, 15) is 4.79 Å². The Morgan fingerprint density at radius 2 is 2.05 bits per heavy atom. The van der Waals surface area contributed by atoms with E-state index in [1.54, 1.807) is 0 Å². The van der Waals surface area contributed by atoms with E-state index in [0.29, 0.717) is 18.9 Å². The number of benzene rings is 1. The fourth-order valence-electron chi connectivity index (χ4n) is 2.72. The maximum absolute atomic E-state index is 12.1. The summed E-state index contributed by atoms with van der Waals surface area (Å²) in [5.41, 5.74) is 2.99. The minimum atomic E-state index is -0.0892. The van der Waals surface area contributed by atoms with E-state index >= 15 is 0 Å². The van der Waals surface area contributed by atoms with Gasteiger partial charge >= 0.3 is 0 Å². The first-order chi connectivity index (χ1) is 10.8. The van der Waals surface area contributed by atoms with Gasteiger partial charge in [0.2, 0.25) is 11.8 Å².